The first-order valence-electron chi connectivity index (χ1n) is 12.9. The van der Waals surface area contributed by atoms with Gasteiger partial charge in [-0.1, -0.05) is 12.1 Å². The zero-order valence-corrected chi connectivity index (χ0v) is 20.5. The van der Waals surface area contributed by atoms with E-state index in [2.05, 4.69) is 4.98 Å². The third-order valence-electron chi connectivity index (χ3n) is 6.82. The fraction of sp³-hybridized carbons (Fsp3) is 0.269. The molecule has 2 bridgehead atoms. The molecule has 1 amide bonds. The Morgan fingerprint density at radius 1 is 1.14 bits per heavy atom. The number of halogens is 3. The molecular weight excluding hydrogens is 504 g/mol. The van der Waals surface area contributed by atoms with Gasteiger partial charge in [0.25, 0.3) is 5.91 Å². The summed E-state index contributed by atoms with van der Waals surface area (Å²) in [5.41, 5.74) is 1.51. The van der Waals surface area contributed by atoms with Crippen molar-refractivity contribution in [3.8, 4) is 17.0 Å². The van der Waals surface area contributed by atoms with Gasteiger partial charge >= 0.3 is 6.61 Å². The van der Waals surface area contributed by atoms with Gasteiger partial charge in [0.05, 0.1) is 17.8 Å². The van der Waals surface area contributed by atoms with Crippen molar-refractivity contribution in [1.29, 1.82) is 0 Å². The van der Waals surface area contributed by atoms with Gasteiger partial charge in [0.2, 0.25) is 0 Å². The topological polar surface area (TPSA) is 77.3 Å². The molecule has 7 nitrogen and oxygen atoms in total. The molecule has 4 aromatic rings. The number of aromatic nitrogens is 3. The molecule has 4 heterocycles. The van der Waals surface area contributed by atoms with E-state index in [1.807, 2.05) is 0 Å². The van der Waals surface area contributed by atoms with Crippen LogP contribution in [0.3, 0.4) is 0 Å². The molecule has 2 aromatic heterocycles. The van der Waals surface area contributed by atoms with Crippen LogP contribution < -0.4 is 10.0 Å². The summed E-state index contributed by atoms with van der Waals surface area (Å²) in [6.45, 7) is -3.08. The molecule has 6 rings (SSSR count). The lowest BCUT2D eigenvalue weighted by molar-refractivity contribution is -0.0507. The van der Waals surface area contributed by atoms with Gasteiger partial charge in [0.15, 0.2) is 5.65 Å². The van der Waals surface area contributed by atoms with Crippen LogP contribution in [-0.2, 0) is 4.57 Å². The van der Waals surface area contributed by atoms with Crippen molar-refractivity contribution in [3.05, 3.63) is 71.3 Å². The molecule has 190 valence electrons. The van der Waals surface area contributed by atoms with E-state index < -0.39 is 44.5 Å². The minimum Gasteiger partial charge on any atom is -0.434 e. The molecule has 0 radical (unpaired) electrons. The van der Waals surface area contributed by atoms with Crippen LogP contribution in [0.25, 0.3) is 22.4 Å². The first-order valence-corrected chi connectivity index (χ1v) is 14.0. The van der Waals surface area contributed by atoms with Gasteiger partial charge in [-0.3, -0.25) is 4.79 Å². The predicted molar refractivity (Wildman–Crippen MR) is 133 cm³/mol. The Balaban J connectivity index is 1.58. The van der Waals surface area contributed by atoms with Gasteiger partial charge in [-0.25, -0.2) is 14.4 Å². The second kappa shape index (κ2) is 8.18. The van der Waals surface area contributed by atoms with Crippen LogP contribution in [0, 0.1) is 5.82 Å². The van der Waals surface area contributed by atoms with Crippen LogP contribution in [0.5, 0.6) is 5.75 Å². The molecule has 2 aromatic carbocycles. The summed E-state index contributed by atoms with van der Waals surface area (Å²) in [6.07, 6.45) is 0.0521. The summed E-state index contributed by atoms with van der Waals surface area (Å²) in [4.78, 5) is 23.6. The maximum atomic E-state index is 14.8. The summed E-state index contributed by atoms with van der Waals surface area (Å²) in [5.74, 6) is -1.47. The third kappa shape index (κ3) is 3.65. The number of ether oxygens (including phenoxy) is 1. The van der Waals surface area contributed by atoms with E-state index in [4.69, 9.17) is 13.8 Å². The fourth-order valence-corrected chi connectivity index (χ4v) is 6.24. The molecule has 0 fully saturated rings. The van der Waals surface area contributed by atoms with Crippen LogP contribution in [0.15, 0.2) is 48.5 Å². The monoisotopic (exact) mass is 529 g/mol. The molecule has 2 aliphatic rings. The number of hydrogen-bond donors (Lipinski definition) is 0. The van der Waals surface area contributed by atoms with Gasteiger partial charge in [-0.15, -0.1) is 0 Å². The van der Waals surface area contributed by atoms with Crippen molar-refractivity contribution in [1.82, 2.24) is 19.4 Å². The van der Waals surface area contributed by atoms with E-state index >= 15 is 0 Å². The summed E-state index contributed by atoms with van der Waals surface area (Å²) >= 11 is 0. The number of carbonyl (C=O) groups is 1. The fourth-order valence-electron chi connectivity index (χ4n) is 5.23. The lowest BCUT2D eigenvalue weighted by Crippen LogP contribution is -2.30. The van der Waals surface area contributed by atoms with Crippen LogP contribution in [-0.4, -0.2) is 52.3 Å². The average molecular weight is 529 g/mol. The van der Waals surface area contributed by atoms with Crippen LogP contribution in [0.4, 0.5) is 13.2 Å². The molecule has 0 spiro atoms. The maximum absolute atomic E-state index is 14.8. The number of nitrogens with zero attached hydrogens (tertiary/aromatic N) is 4. The van der Waals surface area contributed by atoms with Gasteiger partial charge in [-0.05, 0) is 49.7 Å². The SMILES string of the molecule is [2H]C([2H])([2H])N1C(=O)c2cccc(OC(F)F)c2[C@H]2C[C@H]1c1nc3ccc(-c4ccc(P(C)(C)=O)c(F)c4)nc3n12. The first-order chi connectivity index (χ1) is 18.8. The van der Waals surface area contributed by atoms with E-state index in [0.29, 0.717) is 22.4 Å². The third-order valence-corrected chi connectivity index (χ3v) is 8.34. The second-order valence-corrected chi connectivity index (χ2v) is 12.6. The van der Waals surface area contributed by atoms with Crippen molar-refractivity contribution in [2.24, 2.45) is 0 Å². The molecule has 2 atom stereocenters. The minimum absolute atomic E-state index is 0.0521. The first kappa shape index (κ1) is 20.4. The molecule has 0 aliphatic carbocycles. The highest BCUT2D eigenvalue weighted by Gasteiger charge is 2.45. The lowest BCUT2D eigenvalue weighted by atomic mass is 9.98. The Morgan fingerprint density at radius 2 is 1.95 bits per heavy atom. The smallest absolute Gasteiger partial charge is 0.387 e. The van der Waals surface area contributed by atoms with Crippen LogP contribution in [0.2, 0.25) is 0 Å². The summed E-state index contributed by atoms with van der Waals surface area (Å²) in [5, 5.41) is 0.116. The highest BCUT2D eigenvalue weighted by atomic mass is 31.2. The van der Waals surface area contributed by atoms with E-state index in [-0.39, 0.29) is 34.4 Å². The minimum atomic E-state index is -3.18. The van der Waals surface area contributed by atoms with E-state index in [0.717, 1.165) is 4.90 Å². The van der Waals surface area contributed by atoms with E-state index in [1.54, 1.807) is 22.8 Å². The number of carbonyl (C=O) groups excluding carboxylic acids is 1. The number of fused-ring (bicyclic) bond motifs is 9. The number of alkyl halides is 2. The number of amides is 1. The second-order valence-electron chi connectivity index (χ2n) is 9.43. The molecule has 0 saturated carbocycles. The number of benzene rings is 2. The summed E-state index contributed by atoms with van der Waals surface area (Å²) in [6, 6.07) is 9.83. The van der Waals surface area contributed by atoms with E-state index in [1.165, 1.54) is 43.7 Å². The van der Waals surface area contributed by atoms with Crippen LogP contribution >= 0.6 is 7.14 Å². The summed E-state index contributed by atoms with van der Waals surface area (Å²) in [7, 11) is -2.85. The predicted octanol–water partition coefficient (Wildman–Crippen LogP) is 5.21. The normalized spacial score (nSPS) is 20.3. The zero-order chi connectivity index (χ0) is 28.7. The molecule has 0 N–H and O–H groups in total. The van der Waals surface area contributed by atoms with Gasteiger partial charge in [0, 0.05) is 39.5 Å². The number of imidazole rings is 1. The summed E-state index contributed by atoms with van der Waals surface area (Å²) < 4.78 is 84.7. The van der Waals surface area contributed by atoms with Gasteiger partial charge in [0.1, 0.15) is 30.0 Å². The molecular formula is C26H22F3N4O3P. The Kier molecular flexibility index (Phi) is 4.51. The van der Waals surface area contributed by atoms with Crippen molar-refractivity contribution in [2.75, 3.05) is 20.3 Å². The number of rotatable bonds is 4. The Morgan fingerprint density at radius 3 is 2.65 bits per heavy atom. The van der Waals surface area contributed by atoms with Gasteiger partial charge < -0.3 is 18.8 Å². The number of hydrogen-bond acceptors (Lipinski definition) is 5. The van der Waals surface area contributed by atoms with E-state index in [9.17, 15) is 22.5 Å². The highest BCUT2D eigenvalue weighted by Crippen LogP contribution is 2.49. The average Bonchev–Trinajstić information content (AvgIpc) is 3.35. The maximum Gasteiger partial charge on any atom is 0.387 e. The Labute approximate surface area is 214 Å². The standard InChI is InChI=1S/C26H22F3N4O3P/c1-32-19-12-18(22-14(25(32)34)5-4-6-20(22)36-26(28)29)33-23-17(31-24(19)33)9-8-16(30-23)13-7-10-21(15(27)11-13)37(2,3)35/h4-11,18-19,26H,12H2,1-3H3/t18-,19+/m1/s1/i1D3. The molecule has 2 aliphatic heterocycles. The van der Waals surface area contributed by atoms with Crippen molar-refractivity contribution in [2.45, 2.75) is 25.1 Å². The number of pyridine rings is 1. The molecule has 11 heteroatoms. The molecule has 37 heavy (non-hydrogen) atoms. The van der Waals surface area contributed by atoms with Crippen molar-refractivity contribution >= 4 is 29.5 Å². The Hall–Kier alpha value is -3.65. The lowest BCUT2D eigenvalue weighted by Gasteiger charge is -2.24. The molecule has 0 unspecified atom stereocenters. The van der Waals surface area contributed by atoms with Crippen molar-refractivity contribution < 1.29 is 31.4 Å². The molecule has 0 saturated heterocycles. The van der Waals surface area contributed by atoms with Gasteiger partial charge in [-0.2, -0.15) is 8.78 Å². The zero-order valence-electron chi connectivity index (χ0n) is 22.7. The highest BCUT2D eigenvalue weighted by molar-refractivity contribution is 7.70. The van der Waals surface area contributed by atoms with Crippen LogP contribution in [0.1, 0.15) is 44.4 Å². The Bertz CT molecular complexity index is 1750. The van der Waals surface area contributed by atoms with Crippen molar-refractivity contribution in [3.63, 3.8) is 0 Å². The quantitative estimate of drug-likeness (QED) is 0.340. The largest absolute Gasteiger partial charge is 0.434 e.